The van der Waals surface area contributed by atoms with Gasteiger partial charge in [-0.2, -0.15) is 4.98 Å². The molecule has 0 radical (unpaired) electrons. The maximum atomic E-state index is 13.6. The SMILES string of the molecule is Cc1ccc(Nc2nccc(NCCc3ccccc3F)n2)c(C)c1. The zero-order valence-electron chi connectivity index (χ0n) is 14.4. The molecule has 0 unspecified atom stereocenters. The van der Waals surface area contributed by atoms with Crippen LogP contribution in [0.4, 0.5) is 21.8 Å². The summed E-state index contributed by atoms with van der Waals surface area (Å²) in [5.41, 5.74) is 4.03. The summed E-state index contributed by atoms with van der Waals surface area (Å²) < 4.78 is 13.6. The molecule has 0 fully saturated rings. The van der Waals surface area contributed by atoms with Crippen LogP contribution in [-0.4, -0.2) is 16.5 Å². The Labute approximate surface area is 147 Å². The normalized spacial score (nSPS) is 10.5. The summed E-state index contributed by atoms with van der Waals surface area (Å²) >= 11 is 0. The lowest BCUT2D eigenvalue weighted by molar-refractivity contribution is 0.610. The van der Waals surface area contributed by atoms with Crippen molar-refractivity contribution in [3.63, 3.8) is 0 Å². The van der Waals surface area contributed by atoms with Gasteiger partial charge in [0.25, 0.3) is 0 Å². The molecule has 1 aromatic heterocycles. The first kappa shape index (κ1) is 16.9. The summed E-state index contributed by atoms with van der Waals surface area (Å²) in [6, 6.07) is 14.8. The van der Waals surface area contributed by atoms with Crippen LogP contribution in [-0.2, 0) is 6.42 Å². The second-order valence-corrected chi connectivity index (χ2v) is 5.98. The van der Waals surface area contributed by atoms with E-state index in [9.17, 15) is 4.39 Å². The van der Waals surface area contributed by atoms with Crippen molar-refractivity contribution in [1.29, 1.82) is 0 Å². The first-order chi connectivity index (χ1) is 12.1. The minimum absolute atomic E-state index is 0.177. The molecule has 0 aliphatic carbocycles. The van der Waals surface area contributed by atoms with Crippen LogP contribution < -0.4 is 10.6 Å². The van der Waals surface area contributed by atoms with E-state index in [2.05, 4.69) is 33.6 Å². The molecule has 128 valence electrons. The van der Waals surface area contributed by atoms with Crippen LogP contribution >= 0.6 is 0 Å². The molecule has 4 nitrogen and oxygen atoms in total. The minimum atomic E-state index is -0.177. The van der Waals surface area contributed by atoms with Gasteiger partial charge < -0.3 is 10.6 Å². The fourth-order valence-corrected chi connectivity index (χ4v) is 2.62. The number of hydrogen-bond donors (Lipinski definition) is 2. The summed E-state index contributed by atoms with van der Waals surface area (Å²) in [4.78, 5) is 8.71. The second-order valence-electron chi connectivity index (χ2n) is 5.98. The van der Waals surface area contributed by atoms with E-state index in [1.54, 1.807) is 24.4 Å². The number of nitrogens with one attached hydrogen (secondary N) is 2. The van der Waals surface area contributed by atoms with Crippen LogP contribution in [0.15, 0.2) is 54.7 Å². The average molecular weight is 336 g/mol. The number of aryl methyl sites for hydroxylation is 2. The quantitative estimate of drug-likeness (QED) is 0.689. The standard InChI is InChI=1S/C20H21FN4/c1-14-7-8-18(15(2)13-14)24-20-23-12-10-19(25-20)22-11-9-16-5-3-4-6-17(16)21/h3-8,10,12-13H,9,11H2,1-2H3,(H2,22,23,24,25). The summed E-state index contributed by atoms with van der Waals surface area (Å²) in [5.74, 6) is 1.06. The van der Waals surface area contributed by atoms with E-state index >= 15 is 0 Å². The minimum Gasteiger partial charge on any atom is -0.370 e. The molecule has 25 heavy (non-hydrogen) atoms. The first-order valence-corrected chi connectivity index (χ1v) is 8.26. The lowest BCUT2D eigenvalue weighted by atomic mass is 10.1. The number of halogens is 1. The highest BCUT2D eigenvalue weighted by Crippen LogP contribution is 2.20. The monoisotopic (exact) mass is 336 g/mol. The third-order valence-electron chi connectivity index (χ3n) is 3.94. The molecule has 0 bridgehead atoms. The largest absolute Gasteiger partial charge is 0.370 e. The van der Waals surface area contributed by atoms with Gasteiger partial charge in [0.1, 0.15) is 11.6 Å². The molecule has 3 aromatic rings. The zero-order valence-corrected chi connectivity index (χ0v) is 14.4. The fourth-order valence-electron chi connectivity index (χ4n) is 2.62. The molecular weight excluding hydrogens is 315 g/mol. The summed E-state index contributed by atoms with van der Waals surface area (Å²) in [6.07, 6.45) is 2.29. The average Bonchev–Trinajstić information content (AvgIpc) is 2.60. The number of hydrogen-bond acceptors (Lipinski definition) is 4. The van der Waals surface area contributed by atoms with Crippen molar-refractivity contribution in [3.8, 4) is 0 Å². The van der Waals surface area contributed by atoms with Crippen molar-refractivity contribution in [3.05, 3.63) is 77.2 Å². The van der Waals surface area contributed by atoms with E-state index < -0.39 is 0 Å². The number of benzene rings is 2. The van der Waals surface area contributed by atoms with Crippen molar-refractivity contribution >= 4 is 17.5 Å². The fraction of sp³-hybridized carbons (Fsp3) is 0.200. The maximum absolute atomic E-state index is 13.6. The van der Waals surface area contributed by atoms with Crippen molar-refractivity contribution in [1.82, 2.24) is 9.97 Å². The Morgan fingerprint density at radius 1 is 1.04 bits per heavy atom. The van der Waals surface area contributed by atoms with E-state index in [-0.39, 0.29) is 5.82 Å². The van der Waals surface area contributed by atoms with E-state index in [0.29, 0.717) is 30.3 Å². The smallest absolute Gasteiger partial charge is 0.229 e. The number of rotatable bonds is 6. The third-order valence-corrected chi connectivity index (χ3v) is 3.94. The van der Waals surface area contributed by atoms with Crippen molar-refractivity contribution < 1.29 is 4.39 Å². The summed E-state index contributed by atoms with van der Waals surface area (Å²) in [7, 11) is 0. The van der Waals surface area contributed by atoms with Gasteiger partial charge in [0, 0.05) is 18.4 Å². The Balaban J connectivity index is 1.62. The Morgan fingerprint density at radius 2 is 1.88 bits per heavy atom. The van der Waals surface area contributed by atoms with Gasteiger partial charge in [0.2, 0.25) is 5.95 Å². The van der Waals surface area contributed by atoms with Crippen LogP contribution in [0.25, 0.3) is 0 Å². The van der Waals surface area contributed by atoms with Gasteiger partial charge in [0.05, 0.1) is 0 Å². The molecular formula is C20H21FN4. The third kappa shape index (κ3) is 4.53. The van der Waals surface area contributed by atoms with E-state index in [1.165, 1.54) is 11.6 Å². The maximum Gasteiger partial charge on any atom is 0.229 e. The van der Waals surface area contributed by atoms with Crippen molar-refractivity contribution in [2.24, 2.45) is 0 Å². The molecule has 2 aromatic carbocycles. The lowest BCUT2D eigenvalue weighted by Gasteiger charge is -2.11. The van der Waals surface area contributed by atoms with Gasteiger partial charge in [0.15, 0.2) is 0 Å². The molecule has 2 N–H and O–H groups in total. The molecule has 1 heterocycles. The van der Waals surface area contributed by atoms with Gasteiger partial charge in [-0.05, 0) is 49.6 Å². The molecule has 0 saturated heterocycles. The molecule has 0 atom stereocenters. The topological polar surface area (TPSA) is 49.8 Å². The molecule has 0 amide bonds. The second kappa shape index (κ2) is 7.75. The Hall–Kier alpha value is -2.95. The predicted octanol–water partition coefficient (Wildman–Crippen LogP) is 4.63. The van der Waals surface area contributed by atoms with Crippen LogP contribution in [0.5, 0.6) is 0 Å². The molecule has 0 aliphatic heterocycles. The van der Waals surface area contributed by atoms with Gasteiger partial charge in [-0.25, -0.2) is 9.37 Å². The van der Waals surface area contributed by atoms with Crippen molar-refractivity contribution in [2.75, 3.05) is 17.2 Å². The number of nitrogens with zero attached hydrogens (tertiary/aromatic N) is 2. The van der Waals surface area contributed by atoms with Gasteiger partial charge in [-0.15, -0.1) is 0 Å². The van der Waals surface area contributed by atoms with Gasteiger partial charge >= 0.3 is 0 Å². The lowest BCUT2D eigenvalue weighted by Crippen LogP contribution is -2.08. The van der Waals surface area contributed by atoms with Crippen molar-refractivity contribution in [2.45, 2.75) is 20.3 Å². The zero-order chi connectivity index (χ0) is 17.6. The molecule has 0 spiro atoms. The highest BCUT2D eigenvalue weighted by Gasteiger charge is 2.04. The Kier molecular flexibility index (Phi) is 5.23. The molecule has 5 heteroatoms. The first-order valence-electron chi connectivity index (χ1n) is 8.26. The van der Waals surface area contributed by atoms with E-state index in [4.69, 9.17) is 0 Å². The predicted molar refractivity (Wildman–Crippen MR) is 99.8 cm³/mol. The highest BCUT2D eigenvalue weighted by molar-refractivity contribution is 5.59. The van der Waals surface area contributed by atoms with Crippen LogP contribution in [0.2, 0.25) is 0 Å². The molecule has 3 rings (SSSR count). The van der Waals surface area contributed by atoms with Gasteiger partial charge in [-0.3, -0.25) is 0 Å². The Bertz CT molecular complexity index is 864. The van der Waals surface area contributed by atoms with Gasteiger partial charge in [-0.1, -0.05) is 35.9 Å². The Morgan fingerprint density at radius 3 is 2.68 bits per heavy atom. The van der Waals surface area contributed by atoms with E-state index in [0.717, 1.165) is 11.3 Å². The number of aromatic nitrogens is 2. The molecule has 0 saturated carbocycles. The van der Waals surface area contributed by atoms with Crippen LogP contribution in [0.1, 0.15) is 16.7 Å². The van der Waals surface area contributed by atoms with Crippen LogP contribution in [0, 0.1) is 19.7 Å². The number of anilines is 3. The van der Waals surface area contributed by atoms with Crippen LogP contribution in [0.3, 0.4) is 0 Å². The van der Waals surface area contributed by atoms with E-state index in [1.807, 2.05) is 25.1 Å². The highest BCUT2D eigenvalue weighted by atomic mass is 19.1. The molecule has 0 aliphatic rings. The summed E-state index contributed by atoms with van der Waals surface area (Å²) in [5, 5.41) is 6.45. The summed E-state index contributed by atoms with van der Waals surface area (Å²) in [6.45, 7) is 4.71.